The summed E-state index contributed by atoms with van der Waals surface area (Å²) in [6, 6.07) is 11.5. The van der Waals surface area contributed by atoms with Crippen molar-refractivity contribution < 1.29 is 17.9 Å². The molecule has 1 unspecified atom stereocenters. The van der Waals surface area contributed by atoms with E-state index in [2.05, 4.69) is 5.32 Å². The third kappa shape index (κ3) is 7.15. The van der Waals surface area contributed by atoms with E-state index in [0.29, 0.717) is 23.7 Å². The number of carbonyl (C=O) groups excluding carboxylic acids is 1. The zero-order valence-corrected chi connectivity index (χ0v) is 21.3. The van der Waals surface area contributed by atoms with E-state index in [1.54, 1.807) is 11.8 Å². The smallest absolute Gasteiger partial charge is 0.311 e. The van der Waals surface area contributed by atoms with Crippen molar-refractivity contribution in [3.05, 3.63) is 58.1 Å². The van der Waals surface area contributed by atoms with Crippen LogP contribution in [0.5, 0.6) is 0 Å². The second-order valence-corrected chi connectivity index (χ2v) is 12.8. The van der Waals surface area contributed by atoms with Gasteiger partial charge in [0.1, 0.15) is 5.60 Å². The van der Waals surface area contributed by atoms with E-state index in [0.717, 1.165) is 33.7 Å². The molecule has 8 heteroatoms. The van der Waals surface area contributed by atoms with Gasteiger partial charge in [0.15, 0.2) is 9.84 Å². The zero-order valence-electron chi connectivity index (χ0n) is 18.9. The molecule has 0 saturated heterocycles. The van der Waals surface area contributed by atoms with Gasteiger partial charge >= 0.3 is 5.97 Å². The standard InChI is InChI=1S/C24H30ClNO4S2/c1-24(2,3)30-23(27)18-9-10-19-21(26-13-18)12-11-20(25)22(19)31-14-16-5-7-17(8-6-16)15-32(4,28)29/h5-8,11-12,18,26H,9-10,13-15H2,1-4H3. The number of rotatable bonds is 6. The van der Waals surface area contributed by atoms with Gasteiger partial charge in [0.2, 0.25) is 0 Å². The monoisotopic (exact) mass is 495 g/mol. The number of ether oxygens (including phenoxy) is 1. The van der Waals surface area contributed by atoms with Crippen molar-refractivity contribution in [2.45, 2.75) is 55.6 Å². The molecular weight excluding hydrogens is 466 g/mol. The number of hydrogen-bond acceptors (Lipinski definition) is 6. The first kappa shape index (κ1) is 24.9. The molecule has 1 aliphatic heterocycles. The predicted octanol–water partition coefficient (Wildman–Crippen LogP) is 5.49. The van der Waals surface area contributed by atoms with Crippen LogP contribution in [-0.4, -0.2) is 32.8 Å². The van der Waals surface area contributed by atoms with Crippen molar-refractivity contribution in [2.75, 3.05) is 18.1 Å². The minimum atomic E-state index is -3.05. The summed E-state index contributed by atoms with van der Waals surface area (Å²) >= 11 is 8.21. The van der Waals surface area contributed by atoms with E-state index in [-0.39, 0.29) is 17.6 Å². The molecule has 5 nitrogen and oxygen atoms in total. The van der Waals surface area contributed by atoms with Gasteiger partial charge < -0.3 is 10.1 Å². The number of fused-ring (bicyclic) bond motifs is 1. The quantitative estimate of drug-likeness (QED) is 0.421. The second kappa shape index (κ2) is 10.1. The van der Waals surface area contributed by atoms with Gasteiger partial charge in [0, 0.05) is 29.1 Å². The summed E-state index contributed by atoms with van der Waals surface area (Å²) in [5, 5.41) is 4.10. The van der Waals surface area contributed by atoms with Crippen LogP contribution in [-0.2, 0) is 37.3 Å². The molecular formula is C24H30ClNO4S2. The molecule has 32 heavy (non-hydrogen) atoms. The highest BCUT2D eigenvalue weighted by Gasteiger charge is 2.28. The topological polar surface area (TPSA) is 72.5 Å². The Morgan fingerprint density at radius 1 is 1.16 bits per heavy atom. The summed E-state index contributed by atoms with van der Waals surface area (Å²) in [5.74, 6) is 0.376. The third-order valence-corrected chi connectivity index (χ3v) is 7.59. The van der Waals surface area contributed by atoms with Gasteiger partial charge in [-0.2, -0.15) is 0 Å². The number of anilines is 1. The number of hydrogen-bond donors (Lipinski definition) is 1. The Hall–Kier alpha value is -1.70. The first-order valence-electron chi connectivity index (χ1n) is 10.6. The molecule has 174 valence electrons. The number of esters is 1. The lowest BCUT2D eigenvalue weighted by atomic mass is 10.0. The normalized spacial score (nSPS) is 16.6. The highest BCUT2D eigenvalue weighted by Crippen LogP contribution is 2.39. The molecule has 2 aromatic carbocycles. The lowest BCUT2D eigenvalue weighted by Gasteiger charge is -2.23. The van der Waals surface area contributed by atoms with E-state index < -0.39 is 15.4 Å². The molecule has 0 aromatic heterocycles. The summed E-state index contributed by atoms with van der Waals surface area (Å²) in [4.78, 5) is 13.6. The first-order chi connectivity index (χ1) is 14.9. The van der Waals surface area contributed by atoms with Gasteiger partial charge in [-0.25, -0.2) is 8.42 Å². The number of halogens is 1. The molecule has 1 aliphatic rings. The summed E-state index contributed by atoms with van der Waals surface area (Å²) in [6.07, 6.45) is 2.67. The summed E-state index contributed by atoms with van der Waals surface area (Å²) in [6.45, 7) is 6.18. The number of carbonyl (C=O) groups is 1. The predicted molar refractivity (Wildman–Crippen MR) is 132 cm³/mol. The number of thioether (sulfide) groups is 1. The van der Waals surface area contributed by atoms with Crippen molar-refractivity contribution in [2.24, 2.45) is 5.92 Å². The molecule has 2 aromatic rings. The fraction of sp³-hybridized carbons (Fsp3) is 0.458. The van der Waals surface area contributed by atoms with Crippen LogP contribution in [0.1, 0.15) is 43.9 Å². The van der Waals surface area contributed by atoms with Crippen molar-refractivity contribution >= 4 is 44.9 Å². The Morgan fingerprint density at radius 3 is 2.44 bits per heavy atom. The lowest BCUT2D eigenvalue weighted by molar-refractivity contribution is -0.159. The van der Waals surface area contributed by atoms with E-state index in [1.807, 2.05) is 57.2 Å². The van der Waals surface area contributed by atoms with Crippen LogP contribution in [0.25, 0.3) is 0 Å². The zero-order chi connectivity index (χ0) is 23.5. The van der Waals surface area contributed by atoms with Crippen LogP contribution in [0, 0.1) is 5.92 Å². The number of benzene rings is 2. The van der Waals surface area contributed by atoms with Crippen molar-refractivity contribution in [1.29, 1.82) is 0 Å². The van der Waals surface area contributed by atoms with Crippen molar-refractivity contribution in [3.63, 3.8) is 0 Å². The van der Waals surface area contributed by atoms with E-state index >= 15 is 0 Å². The SMILES string of the molecule is CC(C)(C)OC(=O)C1CCc2c(ccc(Cl)c2SCc2ccc(CS(C)(=O)=O)cc2)NC1. The van der Waals surface area contributed by atoms with Crippen LogP contribution < -0.4 is 5.32 Å². The largest absolute Gasteiger partial charge is 0.460 e. The van der Waals surface area contributed by atoms with Gasteiger partial charge in [0.25, 0.3) is 0 Å². The Morgan fingerprint density at radius 2 is 1.81 bits per heavy atom. The molecule has 0 amide bonds. The van der Waals surface area contributed by atoms with E-state index in [1.165, 1.54) is 6.26 Å². The molecule has 1 atom stereocenters. The van der Waals surface area contributed by atoms with Crippen LogP contribution in [0.2, 0.25) is 5.02 Å². The molecule has 0 saturated carbocycles. The van der Waals surface area contributed by atoms with Crippen LogP contribution in [0.15, 0.2) is 41.3 Å². The van der Waals surface area contributed by atoms with E-state index in [4.69, 9.17) is 16.3 Å². The minimum absolute atomic E-state index is 0.0446. The average molecular weight is 496 g/mol. The lowest BCUT2D eigenvalue weighted by Crippen LogP contribution is -2.31. The molecule has 0 radical (unpaired) electrons. The van der Waals surface area contributed by atoms with Gasteiger partial charge in [-0.1, -0.05) is 35.9 Å². The van der Waals surface area contributed by atoms with Crippen molar-refractivity contribution in [1.82, 2.24) is 0 Å². The maximum Gasteiger partial charge on any atom is 0.311 e. The van der Waals surface area contributed by atoms with E-state index in [9.17, 15) is 13.2 Å². The highest BCUT2D eigenvalue weighted by molar-refractivity contribution is 7.98. The maximum absolute atomic E-state index is 12.6. The molecule has 0 fully saturated rings. The number of nitrogens with one attached hydrogen (secondary N) is 1. The highest BCUT2D eigenvalue weighted by atomic mass is 35.5. The molecule has 0 bridgehead atoms. The molecule has 1 heterocycles. The maximum atomic E-state index is 12.6. The van der Waals surface area contributed by atoms with Crippen LogP contribution in [0.4, 0.5) is 5.69 Å². The Kier molecular flexibility index (Phi) is 7.84. The average Bonchev–Trinajstić information content (AvgIpc) is 2.89. The van der Waals surface area contributed by atoms with Crippen LogP contribution in [0.3, 0.4) is 0 Å². The third-order valence-electron chi connectivity index (χ3n) is 5.07. The molecule has 3 rings (SSSR count). The van der Waals surface area contributed by atoms with Gasteiger partial charge in [-0.3, -0.25) is 4.79 Å². The summed E-state index contributed by atoms with van der Waals surface area (Å²) in [5.41, 5.74) is 3.50. The Balaban J connectivity index is 1.71. The first-order valence-corrected chi connectivity index (χ1v) is 14.0. The fourth-order valence-corrected chi connectivity index (χ4v) is 5.83. The number of sulfone groups is 1. The molecule has 1 N–H and O–H groups in total. The minimum Gasteiger partial charge on any atom is -0.460 e. The Bertz CT molecular complexity index is 1080. The molecule has 0 spiro atoms. The fourth-order valence-electron chi connectivity index (χ4n) is 3.60. The van der Waals surface area contributed by atoms with Crippen LogP contribution >= 0.6 is 23.4 Å². The van der Waals surface area contributed by atoms with Gasteiger partial charge in [-0.05, 0) is 62.4 Å². The van der Waals surface area contributed by atoms with Gasteiger partial charge in [-0.15, -0.1) is 11.8 Å². The summed E-state index contributed by atoms with van der Waals surface area (Å²) in [7, 11) is -3.05. The Labute approximate surface area is 200 Å². The summed E-state index contributed by atoms with van der Waals surface area (Å²) < 4.78 is 28.5. The van der Waals surface area contributed by atoms with Crippen molar-refractivity contribution in [3.8, 4) is 0 Å². The molecule has 0 aliphatic carbocycles. The second-order valence-electron chi connectivity index (χ2n) is 9.23. The van der Waals surface area contributed by atoms with Gasteiger partial charge in [0.05, 0.1) is 16.7 Å².